The summed E-state index contributed by atoms with van der Waals surface area (Å²) in [4.78, 5) is 29.1. The van der Waals surface area contributed by atoms with Crippen LogP contribution in [0.2, 0.25) is 0 Å². The Balaban J connectivity index is 1.26. The lowest BCUT2D eigenvalue weighted by molar-refractivity contribution is -0.130. The van der Waals surface area contributed by atoms with Gasteiger partial charge in [-0.05, 0) is 99.7 Å². The Hall–Kier alpha value is -3.92. The van der Waals surface area contributed by atoms with E-state index in [1.165, 1.54) is 24.5 Å². The Bertz CT molecular complexity index is 1420. The third-order valence-electron chi connectivity index (χ3n) is 9.02. The minimum absolute atomic E-state index is 0.0175. The fraction of sp³-hybridized carbons (Fsp3) is 0.515. The number of likely N-dealkylation sites (tertiary alicyclic amines) is 2. The van der Waals surface area contributed by atoms with Gasteiger partial charge in [0.05, 0.1) is 5.56 Å². The molecule has 5 rings (SSSR count). The maximum Gasteiger partial charge on any atom is 0.289 e. The van der Waals surface area contributed by atoms with Crippen molar-refractivity contribution in [3.8, 4) is 28.6 Å². The number of aromatic nitrogens is 3. The van der Waals surface area contributed by atoms with Gasteiger partial charge in [-0.25, -0.2) is 0 Å². The average molecular weight is 589 g/mol. The van der Waals surface area contributed by atoms with E-state index in [-0.39, 0.29) is 29.1 Å². The number of aryl methyl sites for hydroxylation is 1. The van der Waals surface area contributed by atoms with Crippen LogP contribution in [-0.4, -0.2) is 85.9 Å². The van der Waals surface area contributed by atoms with Crippen molar-refractivity contribution in [3.63, 3.8) is 0 Å². The molecule has 3 aromatic rings. The number of rotatable bonds is 9. The molecule has 2 amide bonds. The second-order valence-corrected chi connectivity index (χ2v) is 12.0. The number of hydrogen-bond acceptors (Lipinski definition) is 7. The molecule has 2 aliphatic rings. The van der Waals surface area contributed by atoms with Gasteiger partial charge in [0.25, 0.3) is 5.91 Å². The molecule has 0 aliphatic carbocycles. The maximum absolute atomic E-state index is 12.9. The summed E-state index contributed by atoms with van der Waals surface area (Å²) >= 11 is 0. The molecule has 2 aliphatic heterocycles. The quantitative estimate of drug-likeness (QED) is 0.343. The van der Waals surface area contributed by atoms with Gasteiger partial charge in [0, 0.05) is 44.9 Å². The number of hydrogen-bond donors (Lipinski definition) is 3. The number of phenolic OH excluding ortho intramolecular Hbond substituents is 2. The topological polar surface area (TPSA) is 124 Å². The molecule has 0 atom stereocenters. The summed E-state index contributed by atoms with van der Waals surface area (Å²) in [5, 5.41) is 32.2. The normalized spacial score (nSPS) is 16.9. The molecule has 0 unspecified atom stereocenters. The van der Waals surface area contributed by atoms with E-state index in [2.05, 4.69) is 32.5 Å². The van der Waals surface area contributed by atoms with E-state index < -0.39 is 0 Å². The summed E-state index contributed by atoms with van der Waals surface area (Å²) < 4.78 is 1.67. The number of piperidine rings is 2. The van der Waals surface area contributed by atoms with Crippen LogP contribution in [0.5, 0.6) is 11.5 Å². The molecule has 2 fully saturated rings. The van der Waals surface area contributed by atoms with Crippen LogP contribution in [0.25, 0.3) is 17.1 Å². The first-order valence-electron chi connectivity index (χ1n) is 15.6. The van der Waals surface area contributed by atoms with Crippen molar-refractivity contribution in [2.75, 3.05) is 39.3 Å². The third kappa shape index (κ3) is 7.01. The highest BCUT2D eigenvalue weighted by molar-refractivity contribution is 5.92. The molecular weight excluding hydrogens is 544 g/mol. The zero-order valence-electron chi connectivity index (χ0n) is 25.6. The molecule has 0 spiro atoms. The van der Waals surface area contributed by atoms with Crippen molar-refractivity contribution < 1.29 is 19.8 Å². The summed E-state index contributed by atoms with van der Waals surface area (Å²) in [6, 6.07) is 11.2. The molecule has 10 nitrogen and oxygen atoms in total. The smallest absolute Gasteiger partial charge is 0.289 e. The molecule has 0 bridgehead atoms. The van der Waals surface area contributed by atoms with Crippen LogP contribution >= 0.6 is 0 Å². The van der Waals surface area contributed by atoms with Crippen LogP contribution in [0.15, 0.2) is 36.4 Å². The molecule has 10 heteroatoms. The molecule has 0 saturated carbocycles. The molecule has 3 N–H and O–H groups in total. The van der Waals surface area contributed by atoms with E-state index in [0.717, 1.165) is 57.7 Å². The van der Waals surface area contributed by atoms with Crippen LogP contribution < -0.4 is 5.32 Å². The van der Waals surface area contributed by atoms with Gasteiger partial charge in [-0.1, -0.05) is 19.1 Å². The van der Waals surface area contributed by atoms with Crippen molar-refractivity contribution in [3.05, 3.63) is 53.3 Å². The fourth-order valence-electron chi connectivity index (χ4n) is 6.46. The van der Waals surface area contributed by atoms with Gasteiger partial charge in [-0.2, -0.15) is 0 Å². The highest BCUT2D eigenvalue weighted by atomic mass is 16.3. The third-order valence-corrected chi connectivity index (χ3v) is 9.02. The second kappa shape index (κ2) is 13.6. The monoisotopic (exact) mass is 588 g/mol. The van der Waals surface area contributed by atoms with Crippen LogP contribution in [0.1, 0.15) is 68.2 Å². The van der Waals surface area contributed by atoms with Crippen molar-refractivity contribution in [2.45, 2.75) is 59.3 Å². The minimum Gasteiger partial charge on any atom is -0.508 e. The zero-order valence-corrected chi connectivity index (χ0v) is 25.6. The molecule has 0 radical (unpaired) electrons. The van der Waals surface area contributed by atoms with E-state index in [1.807, 2.05) is 30.9 Å². The van der Waals surface area contributed by atoms with Crippen molar-refractivity contribution in [1.29, 1.82) is 0 Å². The van der Waals surface area contributed by atoms with Gasteiger partial charge >= 0.3 is 0 Å². The lowest BCUT2D eigenvalue weighted by Crippen LogP contribution is -2.42. The number of aromatic hydroxyl groups is 2. The van der Waals surface area contributed by atoms with Crippen molar-refractivity contribution in [2.24, 2.45) is 11.8 Å². The van der Waals surface area contributed by atoms with E-state index >= 15 is 0 Å². The molecule has 2 saturated heterocycles. The van der Waals surface area contributed by atoms with Gasteiger partial charge in [0.15, 0.2) is 5.82 Å². The summed E-state index contributed by atoms with van der Waals surface area (Å²) in [6.45, 7) is 11.0. The number of carbonyl (C=O) groups is 2. The van der Waals surface area contributed by atoms with Crippen molar-refractivity contribution in [1.82, 2.24) is 29.9 Å². The molecule has 230 valence electrons. The number of phenols is 2. The molecular formula is C33H44N6O4. The van der Waals surface area contributed by atoms with Crippen LogP contribution in [0.3, 0.4) is 0 Å². The first-order chi connectivity index (χ1) is 20.8. The largest absolute Gasteiger partial charge is 0.508 e. The van der Waals surface area contributed by atoms with Gasteiger partial charge in [-0.15, -0.1) is 10.2 Å². The number of nitrogens with one attached hydrogen (secondary N) is 1. The Morgan fingerprint density at radius 2 is 1.58 bits per heavy atom. The van der Waals surface area contributed by atoms with Crippen LogP contribution in [0, 0.1) is 11.8 Å². The predicted octanol–water partition coefficient (Wildman–Crippen LogP) is 4.17. The highest BCUT2D eigenvalue weighted by Crippen LogP contribution is 2.36. The standard InChI is InChI=1S/C33H44N6O4/c1-4-26-19-28(30(42)20-29(26)41)31-35-36-32(33(43)34-5-2)39(31)27-8-6-23(7-9-27)18-24-10-14-37(15-11-24)21-25-12-16-38(17-13-25)22(3)40/h6-9,19-20,24-25,41-42H,4-5,10-18,21H2,1-3H3,(H,34,43). The van der Waals surface area contributed by atoms with E-state index in [0.29, 0.717) is 41.8 Å². The van der Waals surface area contributed by atoms with Gasteiger partial charge in [0.1, 0.15) is 11.5 Å². The number of carbonyl (C=O) groups excluding carboxylic acids is 2. The van der Waals surface area contributed by atoms with Gasteiger partial charge < -0.3 is 25.3 Å². The summed E-state index contributed by atoms with van der Waals surface area (Å²) in [5.41, 5.74) is 3.04. The summed E-state index contributed by atoms with van der Waals surface area (Å²) in [5.74, 6) is 1.51. The fourth-order valence-corrected chi connectivity index (χ4v) is 6.46. The summed E-state index contributed by atoms with van der Waals surface area (Å²) in [6.07, 6.45) is 6.13. The molecule has 43 heavy (non-hydrogen) atoms. The lowest BCUT2D eigenvalue weighted by atomic mass is 9.89. The number of benzene rings is 2. The SMILES string of the molecule is CCNC(=O)c1nnc(-c2cc(CC)c(O)cc2O)n1-c1ccc(CC2CCN(CC3CCN(C(C)=O)CC3)CC2)cc1. The van der Waals surface area contributed by atoms with Gasteiger partial charge in [0.2, 0.25) is 11.7 Å². The van der Waals surface area contributed by atoms with E-state index in [9.17, 15) is 19.8 Å². The number of nitrogens with zero attached hydrogens (tertiary/aromatic N) is 5. The zero-order chi connectivity index (χ0) is 30.5. The Morgan fingerprint density at radius 1 is 0.907 bits per heavy atom. The summed E-state index contributed by atoms with van der Waals surface area (Å²) in [7, 11) is 0. The molecule has 2 aromatic carbocycles. The Labute approximate surface area is 253 Å². The first kappa shape index (κ1) is 30.5. The molecule has 3 heterocycles. The van der Waals surface area contributed by atoms with Crippen LogP contribution in [0.4, 0.5) is 0 Å². The van der Waals surface area contributed by atoms with E-state index in [1.54, 1.807) is 17.6 Å². The Morgan fingerprint density at radius 3 is 2.21 bits per heavy atom. The van der Waals surface area contributed by atoms with Gasteiger partial charge in [-0.3, -0.25) is 14.2 Å². The Kier molecular flexibility index (Phi) is 9.65. The lowest BCUT2D eigenvalue weighted by Gasteiger charge is -2.37. The van der Waals surface area contributed by atoms with E-state index in [4.69, 9.17) is 0 Å². The maximum atomic E-state index is 12.9. The second-order valence-electron chi connectivity index (χ2n) is 12.0. The molecule has 1 aromatic heterocycles. The first-order valence-corrected chi connectivity index (χ1v) is 15.6. The minimum atomic E-state index is -0.351. The predicted molar refractivity (Wildman–Crippen MR) is 165 cm³/mol. The van der Waals surface area contributed by atoms with Crippen molar-refractivity contribution >= 4 is 11.8 Å². The highest BCUT2D eigenvalue weighted by Gasteiger charge is 2.26. The number of amides is 2. The average Bonchev–Trinajstić information content (AvgIpc) is 3.44. The van der Waals surface area contributed by atoms with Crippen LogP contribution in [-0.2, 0) is 17.6 Å².